The molecule has 8 nitrogen and oxygen atoms in total. The Morgan fingerprint density at radius 1 is 1.17 bits per heavy atom. The maximum absolute atomic E-state index is 16.0. The lowest BCUT2D eigenvalue weighted by molar-refractivity contribution is 0.294. The second-order valence-corrected chi connectivity index (χ2v) is 8.88. The molecule has 0 saturated carbocycles. The summed E-state index contributed by atoms with van der Waals surface area (Å²) in [6.45, 7) is 4.18. The molecule has 36 heavy (non-hydrogen) atoms. The fraction of sp³-hybridized carbons (Fsp3) is 0.280. The van der Waals surface area contributed by atoms with Gasteiger partial charge < -0.3 is 20.1 Å². The molecule has 1 aliphatic heterocycles. The molecule has 0 amide bonds. The minimum atomic E-state index is -0.874. The first-order valence-corrected chi connectivity index (χ1v) is 11.8. The van der Waals surface area contributed by atoms with Crippen molar-refractivity contribution in [1.29, 1.82) is 0 Å². The topological polar surface area (TPSA) is 96.3 Å². The molecule has 1 aliphatic rings. The molecule has 1 atom stereocenters. The van der Waals surface area contributed by atoms with Gasteiger partial charge in [-0.15, -0.1) is 0 Å². The number of nitrogens with zero attached hydrogens (tertiary/aromatic N) is 5. The number of aromatic hydroxyl groups is 1. The van der Waals surface area contributed by atoms with Crippen LogP contribution in [0.25, 0.3) is 22.0 Å². The Kier molecular flexibility index (Phi) is 6.80. The van der Waals surface area contributed by atoms with E-state index in [9.17, 15) is 9.50 Å². The molecule has 1 fully saturated rings. The Bertz CT molecular complexity index is 1390. The Morgan fingerprint density at radius 3 is 2.72 bits per heavy atom. The first-order valence-electron chi connectivity index (χ1n) is 11.5. The van der Waals surface area contributed by atoms with Crippen molar-refractivity contribution in [2.24, 2.45) is 0 Å². The molecule has 2 aromatic carbocycles. The third-order valence-electron chi connectivity index (χ3n) is 5.93. The van der Waals surface area contributed by atoms with E-state index < -0.39 is 17.4 Å². The smallest absolute Gasteiger partial charge is 0.319 e. The van der Waals surface area contributed by atoms with Crippen LogP contribution in [0.4, 0.5) is 14.6 Å². The van der Waals surface area contributed by atoms with E-state index in [-0.39, 0.29) is 40.3 Å². The predicted octanol–water partition coefficient (Wildman–Crippen LogP) is 4.14. The summed E-state index contributed by atoms with van der Waals surface area (Å²) in [5.41, 5.74) is -0.692. The molecular weight excluding hydrogens is 490 g/mol. The standard InChI is InChI=1S/C25H23ClF2N6O2/c1-14-13-34(10-9-29-14)24-15-12-16(26)20(21-17(27)4-2-5-18(21)35)22(28)23(15)32-25(33-24)36-11-6-19-30-7-3-8-31-19/h2-5,7-8,12,14,29,35H,6,9-11,13H2,1H3. The highest BCUT2D eigenvalue weighted by atomic mass is 35.5. The molecule has 0 spiro atoms. The average Bonchev–Trinajstić information content (AvgIpc) is 2.86. The van der Waals surface area contributed by atoms with Crippen molar-refractivity contribution in [2.45, 2.75) is 19.4 Å². The Hall–Kier alpha value is -3.63. The van der Waals surface area contributed by atoms with Gasteiger partial charge in [0, 0.05) is 55.4 Å². The zero-order valence-electron chi connectivity index (χ0n) is 19.4. The maximum atomic E-state index is 16.0. The average molecular weight is 513 g/mol. The van der Waals surface area contributed by atoms with Gasteiger partial charge >= 0.3 is 6.01 Å². The van der Waals surface area contributed by atoms with Crippen LogP contribution in [-0.4, -0.2) is 57.3 Å². The highest BCUT2D eigenvalue weighted by Gasteiger charge is 2.26. The van der Waals surface area contributed by atoms with E-state index in [1.165, 1.54) is 18.2 Å². The first kappa shape index (κ1) is 24.1. The first-order chi connectivity index (χ1) is 17.4. The second kappa shape index (κ2) is 10.2. The van der Waals surface area contributed by atoms with E-state index in [4.69, 9.17) is 16.3 Å². The number of aromatic nitrogens is 4. The van der Waals surface area contributed by atoms with Crippen molar-refractivity contribution in [2.75, 3.05) is 31.1 Å². The number of halogens is 3. The van der Waals surface area contributed by atoms with Crippen molar-refractivity contribution in [3.05, 3.63) is 65.2 Å². The van der Waals surface area contributed by atoms with Gasteiger partial charge in [0.15, 0.2) is 5.82 Å². The van der Waals surface area contributed by atoms with Gasteiger partial charge in [-0.25, -0.2) is 18.7 Å². The molecule has 0 bridgehead atoms. The van der Waals surface area contributed by atoms with Crippen LogP contribution in [0.15, 0.2) is 42.7 Å². The van der Waals surface area contributed by atoms with Gasteiger partial charge in [-0.3, -0.25) is 0 Å². The lowest BCUT2D eigenvalue weighted by atomic mass is 10.0. The molecule has 2 N–H and O–H groups in total. The van der Waals surface area contributed by atoms with Crippen LogP contribution >= 0.6 is 11.6 Å². The van der Waals surface area contributed by atoms with E-state index in [0.29, 0.717) is 43.1 Å². The summed E-state index contributed by atoms with van der Waals surface area (Å²) < 4.78 is 36.4. The van der Waals surface area contributed by atoms with E-state index >= 15 is 4.39 Å². The number of anilines is 1. The number of fused-ring (bicyclic) bond motifs is 1. The fourth-order valence-corrected chi connectivity index (χ4v) is 4.56. The monoisotopic (exact) mass is 512 g/mol. The summed E-state index contributed by atoms with van der Waals surface area (Å²) in [5, 5.41) is 13.9. The summed E-state index contributed by atoms with van der Waals surface area (Å²) in [7, 11) is 0. The van der Waals surface area contributed by atoms with Crippen LogP contribution < -0.4 is 15.0 Å². The number of phenols is 1. The Balaban J connectivity index is 1.62. The fourth-order valence-electron chi connectivity index (χ4n) is 4.27. The lowest BCUT2D eigenvalue weighted by Crippen LogP contribution is -2.49. The summed E-state index contributed by atoms with van der Waals surface area (Å²) >= 11 is 6.47. The van der Waals surface area contributed by atoms with E-state index in [1.807, 2.05) is 11.8 Å². The summed E-state index contributed by atoms with van der Waals surface area (Å²) in [5.74, 6) is -1.06. The minimum absolute atomic E-state index is 0.0375. The largest absolute Gasteiger partial charge is 0.507 e. The zero-order valence-corrected chi connectivity index (χ0v) is 20.1. The molecule has 4 aromatic rings. The molecule has 1 saturated heterocycles. The van der Waals surface area contributed by atoms with Gasteiger partial charge in [0.2, 0.25) is 0 Å². The predicted molar refractivity (Wildman–Crippen MR) is 132 cm³/mol. The van der Waals surface area contributed by atoms with Gasteiger partial charge in [-0.1, -0.05) is 17.7 Å². The molecule has 2 aromatic heterocycles. The lowest BCUT2D eigenvalue weighted by Gasteiger charge is -2.33. The quantitative estimate of drug-likeness (QED) is 0.398. The number of ether oxygens (including phenoxy) is 1. The molecule has 3 heterocycles. The van der Waals surface area contributed by atoms with Crippen LogP contribution in [0, 0.1) is 11.6 Å². The highest BCUT2D eigenvalue weighted by molar-refractivity contribution is 6.34. The minimum Gasteiger partial charge on any atom is -0.507 e. The molecule has 0 aliphatic carbocycles. The van der Waals surface area contributed by atoms with E-state index in [0.717, 1.165) is 6.07 Å². The van der Waals surface area contributed by atoms with Crippen LogP contribution in [0.1, 0.15) is 12.7 Å². The van der Waals surface area contributed by atoms with Crippen molar-refractivity contribution >= 4 is 28.3 Å². The van der Waals surface area contributed by atoms with Crippen molar-refractivity contribution in [3.8, 4) is 22.9 Å². The zero-order chi connectivity index (χ0) is 25.2. The number of hydrogen-bond donors (Lipinski definition) is 2. The molecule has 186 valence electrons. The number of benzene rings is 2. The van der Waals surface area contributed by atoms with E-state index in [2.05, 4.69) is 25.3 Å². The molecule has 1 unspecified atom stereocenters. The van der Waals surface area contributed by atoms with Gasteiger partial charge in [-0.05, 0) is 31.2 Å². The van der Waals surface area contributed by atoms with Crippen LogP contribution in [0.5, 0.6) is 11.8 Å². The second-order valence-electron chi connectivity index (χ2n) is 8.47. The van der Waals surface area contributed by atoms with Crippen LogP contribution in [0.3, 0.4) is 0 Å². The normalized spacial score (nSPS) is 15.9. The SMILES string of the molecule is CC1CN(c2nc(OCCc3ncccn3)nc3c(F)c(-c4c(O)cccc4F)c(Cl)cc23)CCN1. The third-order valence-corrected chi connectivity index (χ3v) is 6.23. The number of phenolic OH excluding ortho intramolecular Hbond substituents is 1. The molecule has 11 heteroatoms. The van der Waals surface area contributed by atoms with Crippen LogP contribution in [0.2, 0.25) is 5.02 Å². The highest BCUT2D eigenvalue weighted by Crippen LogP contribution is 2.42. The number of rotatable bonds is 6. The third kappa shape index (κ3) is 4.74. The Morgan fingerprint density at radius 2 is 1.97 bits per heavy atom. The van der Waals surface area contributed by atoms with Crippen molar-refractivity contribution < 1.29 is 18.6 Å². The number of nitrogens with one attached hydrogen (secondary N) is 1. The van der Waals surface area contributed by atoms with Crippen molar-refractivity contribution in [3.63, 3.8) is 0 Å². The van der Waals surface area contributed by atoms with Crippen molar-refractivity contribution in [1.82, 2.24) is 25.3 Å². The van der Waals surface area contributed by atoms with Crippen LogP contribution in [-0.2, 0) is 6.42 Å². The van der Waals surface area contributed by atoms with Gasteiger partial charge in [-0.2, -0.15) is 9.97 Å². The molecule has 5 rings (SSSR count). The number of hydrogen-bond acceptors (Lipinski definition) is 8. The Labute approximate surface area is 211 Å². The summed E-state index contributed by atoms with van der Waals surface area (Å²) in [4.78, 5) is 19.2. The van der Waals surface area contributed by atoms with Gasteiger partial charge in [0.25, 0.3) is 0 Å². The maximum Gasteiger partial charge on any atom is 0.319 e. The van der Waals surface area contributed by atoms with Gasteiger partial charge in [0.1, 0.15) is 28.7 Å². The van der Waals surface area contributed by atoms with E-state index in [1.54, 1.807) is 18.5 Å². The molecule has 0 radical (unpaired) electrons. The van der Waals surface area contributed by atoms with Gasteiger partial charge in [0.05, 0.1) is 17.2 Å². The summed E-state index contributed by atoms with van der Waals surface area (Å²) in [6, 6.07) is 7.09. The summed E-state index contributed by atoms with van der Waals surface area (Å²) in [6.07, 6.45) is 3.67. The molecular formula is C25H23ClF2N6O2. The number of piperazine rings is 1.